The van der Waals surface area contributed by atoms with Gasteiger partial charge in [-0.1, -0.05) is 11.2 Å². The number of nitro groups is 1. The number of nitrogens with zero attached hydrogens (tertiary/aromatic N) is 4. The molecule has 0 atom stereocenters. The van der Waals surface area contributed by atoms with E-state index in [-0.39, 0.29) is 49.3 Å². The molecule has 0 bridgehead atoms. The quantitative estimate of drug-likeness (QED) is 0.576. The van der Waals surface area contributed by atoms with Crippen molar-refractivity contribution in [2.75, 3.05) is 26.2 Å². The van der Waals surface area contributed by atoms with Crippen LogP contribution in [0.4, 0.5) is 10.5 Å². The molecule has 1 N–H and O–H groups in total. The van der Waals surface area contributed by atoms with E-state index in [1.54, 1.807) is 13.0 Å². The van der Waals surface area contributed by atoms with Crippen LogP contribution in [0.1, 0.15) is 11.5 Å². The second-order valence-corrected chi connectivity index (χ2v) is 8.17. The number of hydrogen-bond donors (Lipinski definition) is 1. The zero-order valence-electron chi connectivity index (χ0n) is 15.1. The van der Waals surface area contributed by atoms with Crippen LogP contribution in [0.15, 0.2) is 39.8 Å². The summed E-state index contributed by atoms with van der Waals surface area (Å²) in [5.41, 5.74) is 0.305. The first kappa shape index (κ1) is 19.8. The molecular weight excluding hydrogens is 390 g/mol. The summed E-state index contributed by atoms with van der Waals surface area (Å²) in [6.45, 7) is 2.57. The molecule has 150 valence electrons. The Kier molecular flexibility index (Phi) is 5.61. The van der Waals surface area contributed by atoms with Crippen LogP contribution in [0.2, 0.25) is 0 Å². The van der Waals surface area contributed by atoms with Gasteiger partial charge < -0.3 is 14.7 Å². The van der Waals surface area contributed by atoms with Gasteiger partial charge in [0.25, 0.3) is 5.69 Å². The van der Waals surface area contributed by atoms with E-state index in [2.05, 4.69) is 10.5 Å². The number of nitrogens with one attached hydrogen (secondary N) is 1. The Morgan fingerprint density at radius 3 is 2.61 bits per heavy atom. The van der Waals surface area contributed by atoms with Gasteiger partial charge in [0, 0.05) is 44.4 Å². The van der Waals surface area contributed by atoms with E-state index in [1.807, 2.05) is 0 Å². The van der Waals surface area contributed by atoms with Gasteiger partial charge in [-0.05, 0) is 13.0 Å². The van der Waals surface area contributed by atoms with E-state index in [4.69, 9.17) is 4.52 Å². The van der Waals surface area contributed by atoms with Gasteiger partial charge in [-0.25, -0.2) is 13.2 Å². The summed E-state index contributed by atoms with van der Waals surface area (Å²) in [6, 6.07) is 6.31. The number of urea groups is 1. The Balaban J connectivity index is 1.58. The molecular formula is C16H19N5O6S. The van der Waals surface area contributed by atoms with E-state index in [0.29, 0.717) is 11.5 Å². The maximum atomic E-state index is 12.7. The van der Waals surface area contributed by atoms with E-state index < -0.39 is 14.9 Å². The Labute approximate surface area is 161 Å². The SMILES string of the molecule is Cc1cc(CNC(=O)N2CCN(S(=O)(=O)c3cccc([N+](=O)[O-])c3)CC2)no1. The van der Waals surface area contributed by atoms with Gasteiger partial charge in [0.1, 0.15) is 11.5 Å². The van der Waals surface area contributed by atoms with Crippen LogP contribution in [0.3, 0.4) is 0 Å². The number of nitro benzene ring substituents is 1. The normalized spacial score (nSPS) is 15.4. The van der Waals surface area contributed by atoms with Crippen molar-refractivity contribution in [2.45, 2.75) is 18.4 Å². The first-order valence-electron chi connectivity index (χ1n) is 8.47. The van der Waals surface area contributed by atoms with Gasteiger partial charge in [-0.2, -0.15) is 4.31 Å². The Bertz CT molecular complexity index is 981. The van der Waals surface area contributed by atoms with E-state index >= 15 is 0 Å². The maximum Gasteiger partial charge on any atom is 0.317 e. The number of hydrogen-bond acceptors (Lipinski definition) is 7. The standard InChI is InChI=1S/C16H19N5O6S/c1-12-9-13(18-27-12)11-17-16(22)19-5-7-20(8-6-19)28(25,26)15-4-2-3-14(10-15)21(23)24/h2-4,9-10H,5-8,11H2,1H3,(H,17,22). The second kappa shape index (κ2) is 7.94. The third-order valence-corrected chi connectivity index (χ3v) is 6.18. The molecule has 1 aliphatic heterocycles. The lowest BCUT2D eigenvalue weighted by Crippen LogP contribution is -2.52. The molecule has 1 aromatic carbocycles. The van der Waals surface area contributed by atoms with Gasteiger partial charge in [-0.3, -0.25) is 10.1 Å². The number of aryl methyl sites for hydroxylation is 1. The molecule has 0 spiro atoms. The van der Waals surface area contributed by atoms with Crippen molar-refractivity contribution in [1.29, 1.82) is 0 Å². The lowest BCUT2D eigenvalue weighted by Gasteiger charge is -2.33. The lowest BCUT2D eigenvalue weighted by molar-refractivity contribution is -0.385. The van der Waals surface area contributed by atoms with Gasteiger partial charge in [-0.15, -0.1) is 0 Å². The fourth-order valence-electron chi connectivity index (χ4n) is 2.82. The molecule has 3 rings (SSSR count). The molecule has 1 aliphatic rings. The van der Waals surface area contributed by atoms with Crippen LogP contribution in [0.5, 0.6) is 0 Å². The summed E-state index contributed by atoms with van der Waals surface area (Å²) in [4.78, 5) is 23.8. The lowest BCUT2D eigenvalue weighted by atomic mass is 10.3. The van der Waals surface area contributed by atoms with Gasteiger partial charge in [0.05, 0.1) is 16.4 Å². The monoisotopic (exact) mass is 409 g/mol. The minimum absolute atomic E-state index is 0.0987. The highest BCUT2D eigenvalue weighted by Gasteiger charge is 2.31. The van der Waals surface area contributed by atoms with E-state index in [9.17, 15) is 23.3 Å². The topological polar surface area (TPSA) is 139 Å². The van der Waals surface area contributed by atoms with Crippen LogP contribution in [0.25, 0.3) is 0 Å². The summed E-state index contributed by atoms with van der Waals surface area (Å²) in [5.74, 6) is 0.643. The number of benzene rings is 1. The highest BCUT2D eigenvalue weighted by Crippen LogP contribution is 2.22. The smallest absolute Gasteiger partial charge is 0.317 e. The number of sulfonamides is 1. The van der Waals surface area contributed by atoms with Crippen LogP contribution >= 0.6 is 0 Å². The average Bonchev–Trinajstić information content (AvgIpc) is 3.11. The zero-order valence-corrected chi connectivity index (χ0v) is 15.9. The number of carbonyl (C=O) groups excluding carboxylic acids is 1. The first-order valence-corrected chi connectivity index (χ1v) is 9.91. The summed E-state index contributed by atoms with van der Waals surface area (Å²) in [7, 11) is -3.87. The molecule has 28 heavy (non-hydrogen) atoms. The number of rotatable bonds is 5. The molecule has 2 heterocycles. The highest BCUT2D eigenvalue weighted by atomic mass is 32.2. The summed E-state index contributed by atoms with van der Waals surface area (Å²) in [6.07, 6.45) is 0. The van der Waals surface area contributed by atoms with Crippen LogP contribution in [-0.4, -0.2) is 59.9 Å². The molecule has 2 aromatic rings. The maximum absolute atomic E-state index is 12.7. The third kappa shape index (κ3) is 4.28. The molecule has 12 heteroatoms. The largest absolute Gasteiger partial charge is 0.361 e. The van der Waals surface area contributed by atoms with E-state index in [0.717, 1.165) is 6.07 Å². The first-order chi connectivity index (χ1) is 13.3. The zero-order chi connectivity index (χ0) is 20.3. The minimum Gasteiger partial charge on any atom is -0.361 e. The number of amides is 2. The van der Waals surface area contributed by atoms with Crippen molar-refractivity contribution in [3.05, 3.63) is 51.9 Å². The van der Waals surface area contributed by atoms with Gasteiger partial charge in [0.2, 0.25) is 10.0 Å². The summed E-state index contributed by atoms with van der Waals surface area (Å²) in [5, 5.41) is 17.4. The number of piperazine rings is 1. The Hall–Kier alpha value is -2.99. The molecule has 2 amide bonds. The van der Waals surface area contributed by atoms with Gasteiger partial charge >= 0.3 is 6.03 Å². The van der Waals surface area contributed by atoms with Crippen molar-refractivity contribution in [1.82, 2.24) is 19.7 Å². The summed E-state index contributed by atoms with van der Waals surface area (Å²) < 4.78 is 31.6. The number of carbonyl (C=O) groups is 1. The van der Waals surface area contributed by atoms with E-state index in [1.165, 1.54) is 27.4 Å². The Morgan fingerprint density at radius 1 is 1.29 bits per heavy atom. The fraction of sp³-hybridized carbons (Fsp3) is 0.375. The highest BCUT2D eigenvalue weighted by molar-refractivity contribution is 7.89. The molecule has 0 unspecified atom stereocenters. The van der Waals surface area contributed by atoms with Crippen molar-refractivity contribution in [3.63, 3.8) is 0 Å². The molecule has 0 saturated carbocycles. The minimum atomic E-state index is -3.87. The molecule has 11 nitrogen and oxygen atoms in total. The predicted molar refractivity (Wildman–Crippen MR) is 96.9 cm³/mol. The van der Waals surface area contributed by atoms with Crippen molar-refractivity contribution >= 4 is 21.7 Å². The van der Waals surface area contributed by atoms with Crippen molar-refractivity contribution in [2.24, 2.45) is 0 Å². The molecule has 1 fully saturated rings. The number of non-ortho nitro benzene ring substituents is 1. The third-order valence-electron chi connectivity index (χ3n) is 4.29. The van der Waals surface area contributed by atoms with Crippen molar-refractivity contribution in [3.8, 4) is 0 Å². The Morgan fingerprint density at radius 2 is 2.00 bits per heavy atom. The molecule has 0 radical (unpaired) electrons. The van der Waals surface area contributed by atoms with Crippen LogP contribution in [0, 0.1) is 17.0 Å². The average molecular weight is 409 g/mol. The van der Waals surface area contributed by atoms with Crippen LogP contribution in [-0.2, 0) is 16.6 Å². The number of aromatic nitrogens is 1. The molecule has 1 aromatic heterocycles. The van der Waals surface area contributed by atoms with Crippen LogP contribution < -0.4 is 5.32 Å². The van der Waals surface area contributed by atoms with Crippen molar-refractivity contribution < 1.29 is 22.7 Å². The molecule has 1 saturated heterocycles. The molecule has 0 aliphatic carbocycles. The fourth-order valence-corrected chi connectivity index (χ4v) is 4.28. The summed E-state index contributed by atoms with van der Waals surface area (Å²) >= 11 is 0. The second-order valence-electron chi connectivity index (χ2n) is 6.23. The van der Waals surface area contributed by atoms with Gasteiger partial charge in [0.15, 0.2) is 0 Å². The predicted octanol–water partition coefficient (Wildman–Crippen LogP) is 1.11.